The molecule has 0 spiro atoms. The summed E-state index contributed by atoms with van der Waals surface area (Å²) in [7, 11) is 0. The van der Waals surface area contributed by atoms with Gasteiger partial charge in [0.1, 0.15) is 0 Å². The molecule has 0 radical (unpaired) electrons. The topological polar surface area (TPSA) is 32.3 Å². The van der Waals surface area contributed by atoms with Gasteiger partial charge in [-0.05, 0) is 25.2 Å². The van der Waals surface area contributed by atoms with Crippen LogP contribution in [0.4, 0.5) is 4.79 Å². The molecule has 1 aliphatic carbocycles. The monoisotopic (exact) mass is 254 g/mol. The van der Waals surface area contributed by atoms with Gasteiger partial charge in [0.05, 0.1) is 0 Å². The Morgan fingerprint density at radius 1 is 1.11 bits per heavy atom. The van der Waals surface area contributed by atoms with Crippen molar-refractivity contribution < 1.29 is 4.79 Å². The number of hydrogen-bond acceptors (Lipinski definition) is 1. The number of nitrogens with one attached hydrogen (secondary N) is 1. The molecule has 3 heteroatoms. The van der Waals surface area contributed by atoms with E-state index in [1.165, 1.54) is 32.1 Å². The Hall–Kier alpha value is -0.730. The van der Waals surface area contributed by atoms with Gasteiger partial charge < -0.3 is 10.2 Å². The van der Waals surface area contributed by atoms with Crippen molar-refractivity contribution >= 4 is 6.03 Å². The van der Waals surface area contributed by atoms with Crippen molar-refractivity contribution in [2.24, 2.45) is 5.92 Å². The first-order valence-electron chi connectivity index (χ1n) is 7.80. The van der Waals surface area contributed by atoms with Crippen molar-refractivity contribution in [2.45, 2.75) is 65.2 Å². The molecule has 0 aromatic rings. The summed E-state index contributed by atoms with van der Waals surface area (Å²) in [5, 5.41) is 3.09. The molecule has 1 rings (SSSR count). The van der Waals surface area contributed by atoms with E-state index in [9.17, 15) is 4.79 Å². The van der Waals surface area contributed by atoms with Crippen LogP contribution in [-0.2, 0) is 0 Å². The van der Waals surface area contributed by atoms with Gasteiger partial charge in [0.25, 0.3) is 0 Å². The fourth-order valence-electron chi connectivity index (χ4n) is 2.83. The van der Waals surface area contributed by atoms with Crippen LogP contribution in [0.15, 0.2) is 0 Å². The van der Waals surface area contributed by atoms with Gasteiger partial charge in [-0.1, -0.05) is 46.0 Å². The molecule has 2 amide bonds. The normalized spacial score (nSPS) is 16.6. The third-order valence-corrected chi connectivity index (χ3v) is 3.83. The average Bonchev–Trinajstić information content (AvgIpc) is 2.39. The zero-order valence-corrected chi connectivity index (χ0v) is 12.2. The molecule has 1 saturated carbocycles. The molecule has 0 aromatic heterocycles. The number of rotatable bonds is 7. The first-order valence-corrected chi connectivity index (χ1v) is 7.80. The van der Waals surface area contributed by atoms with Crippen molar-refractivity contribution in [1.82, 2.24) is 10.2 Å². The Bertz CT molecular complexity index is 219. The molecule has 1 fully saturated rings. The Labute approximate surface area is 112 Å². The van der Waals surface area contributed by atoms with Crippen LogP contribution < -0.4 is 5.32 Å². The number of urea groups is 1. The van der Waals surface area contributed by atoms with Crippen molar-refractivity contribution in [3.05, 3.63) is 0 Å². The first kappa shape index (κ1) is 15.3. The summed E-state index contributed by atoms with van der Waals surface area (Å²) < 4.78 is 0. The van der Waals surface area contributed by atoms with Crippen LogP contribution in [0.2, 0.25) is 0 Å². The maximum absolute atomic E-state index is 12.0. The molecule has 0 saturated heterocycles. The second kappa shape index (κ2) is 9.23. The summed E-state index contributed by atoms with van der Waals surface area (Å²) in [5.74, 6) is 0.852. The summed E-state index contributed by atoms with van der Waals surface area (Å²) in [6, 6.07) is 0.134. The fraction of sp³-hybridized carbons (Fsp3) is 0.933. The standard InChI is InChI=1S/C15H30N2O/c1-3-12-17(13-4-2)15(18)16-11-10-14-8-6-5-7-9-14/h14H,3-13H2,1-2H3,(H,16,18). The van der Waals surface area contributed by atoms with Crippen LogP contribution >= 0.6 is 0 Å². The number of hydrogen-bond donors (Lipinski definition) is 1. The molecule has 106 valence electrons. The lowest BCUT2D eigenvalue weighted by molar-refractivity contribution is 0.196. The van der Waals surface area contributed by atoms with Gasteiger partial charge in [-0.2, -0.15) is 0 Å². The van der Waals surface area contributed by atoms with E-state index in [2.05, 4.69) is 19.2 Å². The summed E-state index contributed by atoms with van der Waals surface area (Å²) in [5.41, 5.74) is 0. The molecular weight excluding hydrogens is 224 g/mol. The number of amides is 2. The number of carbonyl (C=O) groups excluding carboxylic acids is 1. The average molecular weight is 254 g/mol. The zero-order valence-electron chi connectivity index (χ0n) is 12.2. The largest absolute Gasteiger partial charge is 0.338 e. The summed E-state index contributed by atoms with van der Waals surface area (Å²) >= 11 is 0. The Morgan fingerprint density at radius 3 is 2.28 bits per heavy atom. The van der Waals surface area contributed by atoms with E-state index in [4.69, 9.17) is 0 Å². The van der Waals surface area contributed by atoms with Gasteiger partial charge >= 0.3 is 6.03 Å². The van der Waals surface area contributed by atoms with E-state index in [-0.39, 0.29) is 6.03 Å². The van der Waals surface area contributed by atoms with Gasteiger partial charge in [-0.25, -0.2) is 4.79 Å². The lowest BCUT2D eigenvalue weighted by Gasteiger charge is -2.24. The molecule has 18 heavy (non-hydrogen) atoms. The fourth-order valence-corrected chi connectivity index (χ4v) is 2.83. The van der Waals surface area contributed by atoms with Crippen LogP contribution in [0.5, 0.6) is 0 Å². The van der Waals surface area contributed by atoms with E-state index in [0.717, 1.165) is 44.8 Å². The molecule has 0 unspecified atom stereocenters. The van der Waals surface area contributed by atoms with Gasteiger partial charge in [0, 0.05) is 19.6 Å². The zero-order chi connectivity index (χ0) is 13.2. The van der Waals surface area contributed by atoms with Crippen molar-refractivity contribution in [3.8, 4) is 0 Å². The van der Waals surface area contributed by atoms with E-state index < -0.39 is 0 Å². The highest BCUT2D eigenvalue weighted by molar-refractivity contribution is 5.74. The minimum Gasteiger partial charge on any atom is -0.338 e. The lowest BCUT2D eigenvalue weighted by Crippen LogP contribution is -2.41. The Kier molecular flexibility index (Phi) is 7.86. The third kappa shape index (κ3) is 5.74. The van der Waals surface area contributed by atoms with E-state index in [1.807, 2.05) is 4.90 Å². The van der Waals surface area contributed by atoms with Crippen LogP contribution in [0.25, 0.3) is 0 Å². The maximum Gasteiger partial charge on any atom is 0.317 e. The van der Waals surface area contributed by atoms with Crippen molar-refractivity contribution in [1.29, 1.82) is 0 Å². The smallest absolute Gasteiger partial charge is 0.317 e. The second-order valence-corrected chi connectivity index (χ2v) is 5.51. The van der Waals surface area contributed by atoms with Crippen molar-refractivity contribution in [2.75, 3.05) is 19.6 Å². The highest BCUT2D eigenvalue weighted by Crippen LogP contribution is 2.25. The third-order valence-electron chi connectivity index (χ3n) is 3.83. The summed E-state index contributed by atoms with van der Waals surface area (Å²) in [6.07, 6.45) is 10.1. The predicted octanol–water partition coefficient (Wildman–Crippen LogP) is 3.79. The molecule has 1 N–H and O–H groups in total. The summed E-state index contributed by atoms with van der Waals surface area (Å²) in [6.45, 7) is 6.86. The van der Waals surface area contributed by atoms with Gasteiger partial charge in [0.15, 0.2) is 0 Å². The maximum atomic E-state index is 12.0. The SMILES string of the molecule is CCCN(CCC)C(=O)NCCC1CCCCC1. The van der Waals surface area contributed by atoms with Gasteiger partial charge in [-0.15, -0.1) is 0 Å². The number of carbonyl (C=O) groups is 1. The second-order valence-electron chi connectivity index (χ2n) is 5.51. The van der Waals surface area contributed by atoms with E-state index in [1.54, 1.807) is 0 Å². The Balaban J connectivity index is 2.17. The van der Waals surface area contributed by atoms with Crippen LogP contribution in [0.1, 0.15) is 65.2 Å². The minimum atomic E-state index is 0.134. The molecule has 0 aliphatic heterocycles. The van der Waals surface area contributed by atoms with E-state index in [0.29, 0.717) is 0 Å². The molecule has 0 aromatic carbocycles. The summed E-state index contributed by atoms with van der Waals surface area (Å²) in [4.78, 5) is 13.9. The molecule has 0 bridgehead atoms. The molecular formula is C15H30N2O. The molecule has 0 atom stereocenters. The highest BCUT2D eigenvalue weighted by atomic mass is 16.2. The van der Waals surface area contributed by atoms with Gasteiger partial charge in [0.2, 0.25) is 0 Å². The first-order chi connectivity index (χ1) is 8.77. The minimum absolute atomic E-state index is 0.134. The van der Waals surface area contributed by atoms with Crippen LogP contribution in [-0.4, -0.2) is 30.6 Å². The lowest BCUT2D eigenvalue weighted by atomic mass is 9.87. The predicted molar refractivity (Wildman–Crippen MR) is 76.7 cm³/mol. The van der Waals surface area contributed by atoms with Gasteiger partial charge in [-0.3, -0.25) is 0 Å². The quantitative estimate of drug-likeness (QED) is 0.736. The molecule has 1 aliphatic rings. The van der Waals surface area contributed by atoms with Crippen LogP contribution in [0.3, 0.4) is 0 Å². The molecule has 3 nitrogen and oxygen atoms in total. The molecule has 0 heterocycles. The van der Waals surface area contributed by atoms with E-state index >= 15 is 0 Å². The van der Waals surface area contributed by atoms with Crippen LogP contribution in [0, 0.1) is 5.92 Å². The number of nitrogens with zero attached hydrogens (tertiary/aromatic N) is 1. The Morgan fingerprint density at radius 2 is 1.72 bits per heavy atom. The van der Waals surface area contributed by atoms with Crippen molar-refractivity contribution in [3.63, 3.8) is 0 Å². The highest BCUT2D eigenvalue weighted by Gasteiger charge is 2.15.